The topological polar surface area (TPSA) is 76.9 Å². The third kappa shape index (κ3) is 26.2. The standard InChI is InChI=1S/C38H72N4O4/c1-5-7-9-11-13-15-17-19-21-23-31-45-37(43)25-27-41(34-36-33-39-42(35-36)30-29-40(3)4)28-26-38(44)46-32-24-22-20-18-16-14-12-10-8-6-2/h33,35H,5-32,34H2,1-4H3. The van der Waals surface area contributed by atoms with Crippen molar-refractivity contribution in [2.24, 2.45) is 0 Å². The summed E-state index contributed by atoms with van der Waals surface area (Å²) in [5.74, 6) is -0.322. The van der Waals surface area contributed by atoms with Crippen molar-refractivity contribution in [2.75, 3.05) is 46.9 Å². The van der Waals surface area contributed by atoms with Crippen molar-refractivity contribution in [3.8, 4) is 0 Å². The van der Waals surface area contributed by atoms with Crippen LogP contribution in [-0.2, 0) is 32.2 Å². The lowest BCUT2D eigenvalue weighted by atomic mass is 10.1. The van der Waals surface area contributed by atoms with E-state index in [9.17, 15) is 9.59 Å². The highest BCUT2D eigenvalue weighted by Crippen LogP contribution is 2.12. The molecule has 1 aromatic heterocycles. The second-order valence-electron chi connectivity index (χ2n) is 13.5. The molecule has 1 rings (SSSR count). The zero-order chi connectivity index (χ0) is 33.5. The van der Waals surface area contributed by atoms with Gasteiger partial charge in [0, 0.05) is 37.9 Å². The summed E-state index contributed by atoms with van der Waals surface area (Å²) in [6, 6.07) is 0. The molecule has 1 heterocycles. The molecule has 46 heavy (non-hydrogen) atoms. The molecule has 0 aliphatic carbocycles. The summed E-state index contributed by atoms with van der Waals surface area (Å²) < 4.78 is 13.0. The first-order valence-electron chi connectivity index (χ1n) is 19.1. The summed E-state index contributed by atoms with van der Waals surface area (Å²) in [5.41, 5.74) is 1.08. The highest BCUT2D eigenvalue weighted by molar-refractivity contribution is 5.70. The summed E-state index contributed by atoms with van der Waals surface area (Å²) in [5, 5.41) is 4.50. The minimum absolute atomic E-state index is 0.161. The molecular formula is C38H72N4O4. The minimum Gasteiger partial charge on any atom is -0.466 e. The second-order valence-corrected chi connectivity index (χ2v) is 13.5. The maximum absolute atomic E-state index is 12.5. The van der Waals surface area contributed by atoms with E-state index in [1.807, 2.05) is 10.9 Å². The lowest BCUT2D eigenvalue weighted by Crippen LogP contribution is -2.29. The number of likely N-dealkylation sites (N-methyl/N-ethyl adjacent to an activating group) is 1. The van der Waals surface area contributed by atoms with Crippen molar-refractivity contribution in [1.82, 2.24) is 19.6 Å². The number of unbranched alkanes of at least 4 members (excludes halogenated alkanes) is 18. The zero-order valence-corrected chi connectivity index (χ0v) is 30.6. The molecule has 8 nitrogen and oxygen atoms in total. The van der Waals surface area contributed by atoms with Crippen LogP contribution < -0.4 is 0 Å². The minimum atomic E-state index is -0.161. The highest BCUT2D eigenvalue weighted by atomic mass is 16.5. The lowest BCUT2D eigenvalue weighted by molar-refractivity contribution is -0.144. The molecule has 0 spiro atoms. The van der Waals surface area contributed by atoms with Crippen LogP contribution in [0.2, 0.25) is 0 Å². The second kappa shape index (κ2) is 30.4. The zero-order valence-electron chi connectivity index (χ0n) is 30.6. The fourth-order valence-electron chi connectivity index (χ4n) is 5.64. The molecule has 0 fully saturated rings. The van der Waals surface area contributed by atoms with Crippen molar-refractivity contribution >= 4 is 11.9 Å². The SMILES string of the molecule is CCCCCCCCCCCCOC(=O)CCN(CCC(=O)OCCCCCCCCCCCC)Cc1cnn(CCN(C)C)c1. The summed E-state index contributed by atoms with van der Waals surface area (Å²) in [6.07, 6.45) is 29.8. The Bertz CT molecular complexity index is 802. The van der Waals surface area contributed by atoms with Crippen LogP contribution >= 0.6 is 0 Å². The summed E-state index contributed by atoms with van der Waals surface area (Å²) in [6.45, 7) is 8.98. The van der Waals surface area contributed by atoms with Gasteiger partial charge in [0.2, 0.25) is 0 Å². The van der Waals surface area contributed by atoms with E-state index in [1.54, 1.807) is 0 Å². The van der Waals surface area contributed by atoms with Gasteiger partial charge in [-0.2, -0.15) is 5.10 Å². The molecule has 0 aromatic carbocycles. The number of hydrogen-bond donors (Lipinski definition) is 0. The summed E-state index contributed by atoms with van der Waals surface area (Å²) in [7, 11) is 4.11. The Hall–Kier alpha value is -1.93. The third-order valence-corrected chi connectivity index (χ3v) is 8.66. The molecule has 268 valence electrons. The molecule has 0 aliphatic rings. The first kappa shape index (κ1) is 42.1. The van der Waals surface area contributed by atoms with Crippen LogP contribution in [0.25, 0.3) is 0 Å². The molecule has 0 bridgehead atoms. The van der Waals surface area contributed by atoms with Gasteiger partial charge in [0.1, 0.15) is 0 Å². The van der Waals surface area contributed by atoms with E-state index in [4.69, 9.17) is 9.47 Å². The largest absolute Gasteiger partial charge is 0.466 e. The molecular weight excluding hydrogens is 576 g/mol. The van der Waals surface area contributed by atoms with Gasteiger partial charge < -0.3 is 14.4 Å². The van der Waals surface area contributed by atoms with E-state index in [0.29, 0.717) is 45.7 Å². The van der Waals surface area contributed by atoms with E-state index >= 15 is 0 Å². The first-order valence-corrected chi connectivity index (χ1v) is 19.1. The number of carbonyl (C=O) groups is 2. The van der Waals surface area contributed by atoms with E-state index < -0.39 is 0 Å². The number of ether oxygens (including phenoxy) is 2. The van der Waals surface area contributed by atoms with Gasteiger partial charge >= 0.3 is 11.9 Å². The van der Waals surface area contributed by atoms with Gasteiger partial charge in [0.15, 0.2) is 0 Å². The highest BCUT2D eigenvalue weighted by Gasteiger charge is 2.14. The molecule has 8 heteroatoms. The van der Waals surface area contributed by atoms with Crippen LogP contribution in [0, 0.1) is 0 Å². The maximum Gasteiger partial charge on any atom is 0.307 e. The predicted molar refractivity (Wildman–Crippen MR) is 191 cm³/mol. The van der Waals surface area contributed by atoms with E-state index in [1.165, 1.54) is 103 Å². The van der Waals surface area contributed by atoms with Crippen LogP contribution in [0.3, 0.4) is 0 Å². The van der Waals surface area contributed by atoms with Gasteiger partial charge in [-0.15, -0.1) is 0 Å². The molecule has 0 saturated heterocycles. The van der Waals surface area contributed by atoms with Crippen molar-refractivity contribution in [1.29, 1.82) is 0 Å². The Morgan fingerprint density at radius 2 is 1.04 bits per heavy atom. The third-order valence-electron chi connectivity index (χ3n) is 8.66. The van der Waals surface area contributed by atoms with Crippen molar-refractivity contribution in [2.45, 2.75) is 168 Å². The monoisotopic (exact) mass is 649 g/mol. The Kier molecular flexibility index (Phi) is 27.8. The van der Waals surface area contributed by atoms with Gasteiger partial charge in [-0.1, -0.05) is 129 Å². The lowest BCUT2D eigenvalue weighted by Gasteiger charge is -2.21. The van der Waals surface area contributed by atoms with Crippen molar-refractivity contribution in [3.63, 3.8) is 0 Å². The normalized spacial score (nSPS) is 11.5. The number of hydrogen-bond acceptors (Lipinski definition) is 7. The average Bonchev–Trinajstić information content (AvgIpc) is 3.50. The van der Waals surface area contributed by atoms with E-state index in [-0.39, 0.29) is 11.9 Å². The van der Waals surface area contributed by atoms with Crippen molar-refractivity contribution in [3.05, 3.63) is 18.0 Å². The fraction of sp³-hybridized carbons (Fsp3) is 0.868. The van der Waals surface area contributed by atoms with Crippen LogP contribution in [0.5, 0.6) is 0 Å². The molecule has 0 aliphatic heterocycles. The molecule has 0 amide bonds. The Morgan fingerprint density at radius 3 is 1.46 bits per heavy atom. The molecule has 0 saturated carbocycles. The quantitative estimate of drug-likeness (QED) is 0.0556. The average molecular weight is 649 g/mol. The van der Waals surface area contributed by atoms with Crippen LogP contribution in [0.4, 0.5) is 0 Å². The maximum atomic E-state index is 12.5. The van der Waals surface area contributed by atoms with Crippen LogP contribution in [-0.4, -0.2) is 78.5 Å². The molecule has 0 unspecified atom stereocenters. The van der Waals surface area contributed by atoms with Gasteiger partial charge in [0.25, 0.3) is 0 Å². The van der Waals surface area contributed by atoms with Crippen LogP contribution in [0.1, 0.15) is 161 Å². The number of carbonyl (C=O) groups excluding carboxylic acids is 2. The predicted octanol–water partition coefficient (Wildman–Crippen LogP) is 8.96. The summed E-state index contributed by atoms with van der Waals surface area (Å²) in [4.78, 5) is 29.3. The van der Waals surface area contributed by atoms with Gasteiger partial charge in [-0.3, -0.25) is 19.2 Å². The van der Waals surface area contributed by atoms with Gasteiger partial charge in [0.05, 0.1) is 38.8 Å². The molecule has 0 atom stereocenters. The van der Waals surface area contributed by atoms with Crippen molar-refractivity contribution < 1.29 is 19.1 Å². The summed E-state index contributed by atoms with van der Waals surface area (Å²) >= 11 is 0. The van der Waals surface area contributed by atoms with E-state index in [2.05, 4.69) is 49.0 Å². The molecule has 0 N–H and O–H groups in total. The fourth-order valence-corrected chi connectivity index (χ4v) is 5.64. The molecule has 0 radical (unpaired) electrons. The number of aromatic nitrogens is 2. The van der Waals surface area contributed by atoms with Gasteiger partial charge in [-0.05, 0) is 26.9 Å². The van der Waals surface area contributed by atoms with Gasteiger partial charge in [-0.25, -0.2) is 0 Å². The Labute approximate surface area is 283 Å². The number of nitrogens with zero attached hydrogens (tertiary/aromatic N) is 4. The van der Waals surface area contributed by atoms with Crippen LogP contribution in [0.15, 0.2) is 12.4 Å². The van der Waals surface area contributed by atoms with E-state index in [0.717, 1.165) is 44.3 Å². The molecule has 1 aromatic rings. The Balaban J connectivity index is 2.32. The first-order chi connectivity index (χ1) is 22.4. The number of esters is 2. The smallest absolute Gasteiger partial charge is 0.307 e. The Morgan fingerprint density at radius 1 is 0.630 bits per heavy atom. The number of rotatable bonds is 33.